The third-order valence-electron chi connectivity index (χ3n) is 3.94. The normalized spacial score (nSPS) is 10.8. The molecule has 2 aromatic heterocycles. The van der Waals surface area contributed by atoms with E-state index in [1.165, 1.54) is 4.57 Å². The van der Waals surface area contributed by atoms with Crippen molar-refractivity contribution in [2.24, 2.45) is 0 Å². The van der Waals surface area contributed by atoms with Gasteiger partial charge < -0.3 is 15.0 Å². The SMILES string of the molecule is COCCn1c(=S)[nH]c2cc(C(=O)NCc3cccnc3)ccc2c1=O. The summed E-state index contributed by atoms with van der Waals surface area (Å²) < 4.78 is 6.75. The zero-order valence-corrected chi connectivity index (χ0v) is 15.0. The molecule has 2 N–H and O–H groups in total. The number of carbonyl (C=O) groups excluding carboxylic acids is 1. The number of aromatic amines is 1. The first-order valence-electron chi connectivity index (χ1n) is 8.03. The van der Waals surface area contributed by atoms with Crippen molar-refractivity contribution in [1.82, 2.24) is 19.9 Å². The van der Waals surface area contributed by atoms with Crippen LogP contribution >= 0.6 is 12.2 Å². The number of nitrogens with zero attached hydrogens (tertiary/aromatic N) is 2. The topological polar surface area (TPSA) is 89.0 Å². The summed E-state index contributed by atoms with van der Waals surface area (Å²) in [6, 6.07) is 8.58. The fraction of sp³-hybridized carbons (Fsp3) is 0.222. The first-order chi connectivity index (χ1) is 12.6. The molecule has 0 aliphatic carbocycles. The van der Waals surface area contributed by atoms with Crippen molar-refractivity contribution >= 4 is 29.0 Å². The highest BCUT2D eigenvalue weighted by molar-refractivity contribution is 7.71. The Morgan fingerprint density at radius 2 is 2.23 bits per heavy atom. The Bertz CT molecular complexity index is 1040. The van der Waals surface area contributed by atoms with E-state index in [4.69, 9.17) is 17.0 Å². The van der Waals surface area contributed by atoms with Crippen molar-refractivity contribution in [1.29, 1.82) is 0 Å². The Balaban J connectivity index is 1.86. The van der Waals surface area contributed by atoms with Crippen LogP contribution in [0.2, 0.25) is 0 Å². The maximum Gasteiger partial charge on any atom is 0.262 e. The fourth-order valence-electron chi connectivity index (χ4n) is 2.57. The molecule has 3 aromatic rings. The molecule has 1 aromatic carbocycles. The van der Waals surface area contributed by atoms with E-state index in [9.17, 15) is 9.59 Å². The number of aromatic nitrogens is 3. The molecule has 0 saturated carbocycles. The number of hydrogen-bond acceptors (Lipinski definition) is 5. The molecule has 0 aliphatic rings. The van der Waals surface area contributed by atoms with Crippen LogP contribution in [0.15, 0.2) is 47.5 Å². The van der Waals surface area contributed by atoms with Gasteiger partial charge >= 0.3 is 0 Å². The quantitative estimate of drug-likeness (QED) is 0.648. The Morgan fingerprint density at radius 3 is 2.96 bits per heavy atom. The maximum absolute atomic E-state index is 12.6. The number of methoxy groups -OCH3 is 1. The van der Waals surface area contributed by atoms with Gasteiger partial charge in [-0.2, -0.15) is 0 Å². The lowest BCUT2D eigenvalue weighted by atomic mass is 10.1. The van der Waals surface area contributed by atoms with Gasteiger partial charge in [0.05, 0.1) is 24.1 Å². The molecule has 134 valence electrons. The Labute approximate surface area is 154 Å². The van der Waals surface area contributed by atoms with Gasteiger partial charge in [-0.3, -0.25) is 19.1 Å². The van der Waals surface area contributed by atoms with Crippen molar-refractivity contribution in [3.8, 4) is 0 Å². The number of benzene rings is 1. The number of hydrogen-bond donors (Lipinski definition) is 2. The second kappa shape index (κ2) is 8.03. The van der Waals surface area contributed by atoms with Crippen LogP contribution < -0.4 is 10.9 Å². The highest BCUT2D eigenvalue weighted by Crippen LogP contribution is 2.11. The lowest BCUT2D eigenvalue weighted by molar-refractivity contribution is 0.0951. The molecule has 0 aliphatic heterocycles. The highest BCUT2D eigenvalue weighted by atomic mass is 32.1. The summed E-state index contributed by atoms with van der Waals surface area (Å²) in [5.74, 6) is -0.237. The molecule has 7 nitrogen and oxygen atoms in total. The molecule has 0 atom stereocenters. The predicted molar refractivity (Wildman–Crippen MR) is 101 cm³/mol. The second-order valence-electron chi connectivity index (χ2n) is 5.68. The van der Waals surface area contributed by atoms with Crippen LogP contribution in [0.5, 0.6) is 0 Å². The Hall–Kier alpha value is -2.84. The van der Waals surface area contributed by atoms with Gasteiger partial charge in [0.1, 0.15) is 0 Å². The van der Waals surface area contributed by atoms with E-state index in [0.717, 1.165) is 5.56 Å². The lowest BCUT2D eigenvalue weighted by Crippen LogP contribution is -2.25. The van der Waals surface area contributed by atoms with Gasteiger partial charge in [-0.1, -0.05) is 6.07 Å². The molecule has 0 spiro atoms. The standard InChI is InChI=1S/C18H18N4O3S/c1-25-8-7-22-17(24)14-5-4-13(9-15(14)21-18(22)26)16(23)20-11-12-3-2-6-19-10-12/h2-6,9-10H,7-8,11H2,1H3,(H,20,23)(H,21,26). The van der Waals surface area contributed by atoms with Crippen LogP contribution in [0.4, 0.5) is 0 Å². The second-order valence-corrected chi connectivity index (χ2v) is 6.07. The lowest BCUT2D eigenvalue weighted by Gasteiger charge is -2.09. The van der Waals surface area contributed by atoms with E-state index in [2.05, 4.69) is 15.3 Å². The van der Waals surface area contributed by atoms with Gasteiger partial charge in [0.25, 0.3) is 11.5 Å². The van der Waals surface area contributed by atoms with E-state index in [1.54, 1.807) is 37.7 Å². The summed E-state index contributed by atoms with van der Waals surface area (Å²) in [5, 5.41) is 3.30. The van der Waals surface area contributed by atoms with Gasteiger partial charge in [0.2, 0.25) is 0 Å². The average molecular weight is 370 g/mol. The zero-order chi connectivity index (χ0) is 18.5. The van der Waals surface area contributed by atoms with Crippen LogP contribution in [0, 0.1) is 4.77 Å². The monoisotopic (exact) mass is 370 g/mol. The Kier molecular flexibility index (Phi) is 5.55. The van der Waals surface area contributed by atoms with Crippen LogP contribution in [-0.2, 0) is 17.8 Å². The summed E-state index contributed by atoms with van der Waals surface area (Å²) in [7, 11) is 1.56. The molecule has 8 heteroatoms. The molecule has 2 heterocycles. The van der Waals surface area contributed by atoms with E-state index in [1.807, 2.05) is 12.1 Å². The Morgan fingerprint density at radius 1 is 1.38 bits per heavy atom. The van der Waals surface area contributed by atoms with Crippen LogP contribution in [0.25, 0.3) is 10.9 Å². The molecule has 1 amide bonds. The zero-order valence-electron chi connectivity index (χ0n) is 14.2. The highest BCUT2D eigenvalue weighted by Gasteiger charge is 2.10. The third-order valence-corrected chi connectivity index (χ3v) is 4.26. The molecule has 0 unspecified atom stereocenters. The van der Waals surface area contributed by atoms with Crippen LogP contribution in [0.3, 0.4) is 0 Å². The van der Waals surface area contributed by atoms with E-state index in [-0.39, 0.29) is 11.5 Å². The maximum atomic E-state index is 12.6. The first-order valence-corrected chi connectivity index (χ1v) is 8.44. The molecule has 0 bridgehead atoms. The molecule has 0 fully saturated rings. The average Bonchev–Trinajstić information content (AvgIpc) is 2.66. The molecule has 0 saturated heterocycles. The predicted octanol–water partition coefficient (Wildman–Crippen LogP) is 2.03. The number of pyridine rings is 1. The molecule has 3 rings (SSSR count). The summed E-state index contributed by atoms with van der Waals surface area (Å²) in [6.07, 6.45) is 3.37. The van der Waals surface area contributed by atoms with Gasteiger partial charge in [-0.15, -0.1) is 0 Å². The van der Waals surface area contributed by atoms with Crippen molar-refractivity contribution in [3.05, 3.63) is 69.0 Å². The largest absolute Gasteiger partial charge is 0.383 e. The number of rotatable bonds is 6. The molecule has 26 heavy (non-hydrogen) atoms. The summed E-state index contributed by atoms with van der Waals surface area (Å²) in [5.41, 5.74) is 1.67. The van der Waals surface area contributed by atoms with Crippen LogP contribution in [-0.4, -0.2) is 34.2 Å². The van der Waals surface area contributed by atoms with E-state index in [0.29, 0.717) is 40.9 Å². The van der Waals surface area contributed by atoms with Gasteiger partial charge in [-0.05, 0) is 42.0 Å². The van der Waals surface area contributed by atoms with Crippen molar-refractivity contribution in [3.63, 3.8) is 0 Å². The van der Waals surface area contributed by atoms with Gasteiger partial charge in [-0.25, -0.2) is 0 Å². The number of amides is 1. The van der Waals surface area contributed by atoms with Gasteiger partial charge in [0, 0.05) is 31.6 Å². The minimum absolute atomic E-state index is 0.205. The van der Waals surface area contributed by atoms with Crippen molar-refractivity contribution in [2.75, 3.05) is 13.7 Å². The number of nitrogens with one attached hydrogen (secondary N) is 2. The van der Waals surface area contributed by atoms with Crippen LogP contribution in [0.1, 0.15) is 15.9 Å². The first kappa shape index (κ1) is 18.0. The molecular formula is C18H18N4O3S. The fourth-order valence-corrected chi connectivity index (χ4v) is 2.85. The van der Waals surface area contributed by atoms with E-state index < -0.39 is 0 Å². The smallest absolute Gasteiger partial charge is 0.262 e. The summed E-state index contributed by atoms with van der Waals surface area (Å²) >= 11 is 5.25. The number of H-pyrrole nitrogens is 1. The van der Waals surface area contributed by atoms with E-state index >= 15 is 0 Å². The van der Waals surface area contributed by atoms with Gasteiger partial charge in [0.15, 0.2) is 4.77 Å². The number of carbonyl (C=O) groups is 1. The van der Waals surface area contributed by atoms with Crippen molar-refractivity contribution in [2.45, 2.75) is 13.1 Å². The minimum Gasteiger partial charge on any atom is -0.383 e. The summed E-state index contributed by atoms with van der Waals surface area (Å²) in [6.45, 7) is 1.13. The summed E-state index contributed by atoms with van der Waals surface area (Å²) in [4.78, 5) is 31.9. The van der Waals surface area contributed by atoms with Crippen molar-refractivity contribution < 1.29 is 9.53 Å². The third kappa shape index (κ3) is 3.87. The molecular weight excluding hydrogens is 352 g/mol. The minimum atomic E-state index is -0.237. The molecule has 0 radical (unpaired) electrons. The number of fused-ring (bicyclic) bond motifs is 1. The number of ether oxygens (including phenoxy) is 1.